The third-order valence-corrected chi connectivity index (χ3v) is 4.34. The Morgan fingerprint density at radius 2 is 1.91 bits per heavy atom. The van der Waals surface area contributed by atoms with E-state index in [4.69, 9.17) is 0 Å². The Bertz CT molecular complexity index is 758. The summed E-state index contributed by atoms with van der Waals surface area (Å²) in [4.78, 5) is 14.2. The number of hydrogen-bond donors (Lipinski definition) is 0. The lowest BCUT2D eigenvalue weighted by Crippen LogP contribution is -2.35. The van der Waals surface area contributed by atoms with Crippen molar-refractivity contribution in [2.45, 2.75) is 19.0 Å². The van der Waals surface area contributed by atoms with Crippen LogP contribution in [0.3, 0.4) is 0 Å². The van der Waals surface area contributed by atoms with Crippen molar-refractivity contribution < 1.29 is 18.0 Å². The van der Waals surface area contributed by atoms with Crippen LogP contribution in [0.15, 0.2) is 46.9 Å². The molecule has 0 atom stereocenters. The highest BCUT2D eigenvalue weighted by Gasteiger charge is 2.32. The molecular formula is C17H13BrF3NO. The molecule has 0 aliphatic carbocycles. The molecule has 120 valence electrons. The Labute approximate surface area is 140 Å². The van der Waals surface area contributed by atoms with Gasteiger partial charge in [-0.3, -0.25) is 4.79 Å². The summed E-state index contributed by atoms with van der Waals surface area (Å²) in [6, 6.07) is 10.2. The van der Waals surface area contributed by atoms with Gasteiger partial charge in [-0.05, 0) is 54.8 Å². The molecule has 0 saturated carbocycles. The SMILES string of the molecule is O=C(c1cccc(C(F)(F)F)c1)N1CCCc2cc(Br)ccc21. The summed E-state index contributed by atoms with van der Waals surface area (Å²) >= 11 is 3.40. The number of alkyl halides is 3. The fraction of sp³-hybridized carbons (Fsp3) is 0.235. The highest BCUT2D eigenvalue weighted by molar-refractivity contribution is 9.10. The van der Waals surface area contributed by atoms with Crippen LogP contribution < -0.4 is 4.90 Å². The Hall–Kier alpha value is -1.82. The molecule has 2 nitrogen and oxygen atoms in total. The lowest BCUT2D eigenvalue weighted by atomic mass is 10.0. The molecule has 0 aromatic heterocycles. The van der Waals surface area contributed by atoms with Gasteiger partial charge in [0.05, 0.1) is 5.56 Å². The molecule has 2 aromatic carbocycles. The largest absolute Gasteiger partial charge is 0.416 e. The van der Waals surface area contributed by atoms with Gasteiger partial charge in [-0.1, -0.05) is 22.0 Å². The van der Waals surface area contributed by atoms with Gasteiger partial charge >= 0.3 is 6.18 Å². The van der Waals surface area contributed by atoms with Gasteiger partial charge in [0.2, 0.25) is 0 Å². The van der Waals surface area contributed by atoms with Gasteiger partial charge < -0.3 is 4.90 Å². The van der Waals surface area contributed by atoms with Gasteiger partial charge in [0.15, 0.2) is 0 Å². The van der Waals surface area contributed by atoms with Gasteiger partial charge in [-0.15, -0.1) is 0 Å². The first-order valence-electron chi connectivity index (χ1n) is 7.14. The number of carbonyl (C=O) groups excluding carboxylic acids is 1. The maximum atomic E-state index is 12.8. The van der Waals surface area contributed by atoms with Gasteiger partial charge in [0.25, 0.3) is 5.91 Å². The van der Waals surface area contributed by atoms with Crippen LogP contribution >= 0.6 is 15.9 Å². The summed E-state index contributed by atoms with van der Waals surface area (Å²) < 4.78 is 39.4. The van der Waals surface area contributed by atoms with E-state index in [1.165, 1.54) is 12.1 Å². The molecule has 2 aromatic rings. The maximum absolute atomic E-state index is 12.8. The molecule has 23 heavy (non-hydrogen) atoms. The highest BCUT2D eigenvalue weighted by Crippen LogP contribution is 2.33. The molecule has 1 aliphatic rings. The lowest BCUT2D eigenvalue weighted by Gasteiger charge is -2.30. The van der Waals surface area contributed by atoms with Crippen molar-refractivity contribution in [1.82, 2.24) is 0 Å². The van der Waals surface area contributed by atoms with Gasteiger partial charge in [0, 0.05) is 22.3 Å². The number of aryl methyl sites for hydroxylation is 1. The Balaban J connectivity index is 1.96. The van der Waals surface area contributed by atoms with Crippen LogP contribution in [-0.4, -0.2) is 12.5 Å². The van der Waals surface area contributed by atoms with Crippen molar-refractivity contribution in [2.75, 3.05) is 11.4 Å². The molecule has 0 radical (unpaired) electrons. The minimum atomic E-state index is -4.46. The van der Waals surface area contributed by atoms with Crippen molar-refractivity contribution in [3.8, 4) is 0 Å². The zero-order valence-corrected chi connectivity index (χ0v) is 13.6. The normalized spacial score (nSPS) is 14.5. The first-order chi connectivity index (χ1) is 10.9. The molecule has 0 bridgehead atoms. The second kappa shape index (κ2) is 6.00. The third kappa shape index (κ3) is 3.27. The third-order valence-electron chi connectivity index (χ3n) is 3.84. The van der Waals surface area contributed by atoms with E-state index in [-0.39, 0.29) is 5.56 Å². The van der Waals surface area contributed by atoms with Crippen LogP contribution in [-0.2, 0) is 12.6 Å². The molecule has 6 heteroatoms. The Morgan fingerprint density at radius 1 is 1.13 bits per heavy atom. The molecule has 0 spiro atoms. The maximum Gasteiger partial charge on any atom is 0.416 e. The molecule has 1 amide bonds. The molecule has 0 fully saturated rings. The second-order valence-corrected chi connectivity index (χ2v) is 6.33. The van der Waals surface area contributed by atoms with E-state index in [0.717, 1.165) is 40.7 Å². The van der Waals surface area contributed by atoms with E-state index in [0.29, 0.717) is 6.54 Å². The number of carbonyl (C=O) groups is 1. The Morgan fingerprint density at radius 3 is 2.65 bits per heavy atom. The minimum absolute atomic E-state index is 0.0515. The number of fused-ring (bicyclic) bond motifs is 1. The minimum Gasteiger partial charge on any atom is -0.308 e. The molecule has 3 rings (SSSR count). The summed E-state index contributed by atoms with van der Waals surface area (Å²) in [5.41, 5.74) is 1.03. The van der Waals surface area contributed by atoms with Gasteiger partial charge in [-0.2, -0.15) is 13.2 Å². The van der Waals surface area contributed by atoms with Crippen LogP contribution in [0, 0.1) is 0 Å². The van der Waals surface area contributed by atoms with Crippen LogP contribution in [0.5, 0.6) is 0 Å². The molecule has 0 unspecified atom stereocenters. The van der Waals surface area contributed by atoms with Crippen LogP contribution in [0.25, 0.3) is 0 Å². The van der Waals surface area contributed by atoms with Gasteiger partial charge in [0.1, 0.15) is 0 Å². The summed E-state index contributed by atoms with van der Waals surface area (Å²) in [5, 5.41) is 0. The van der Waals surface area contributed by atoms with Crippen molar-refractivity contribution in [1.29, 1.82) is 0 Å². The Kier molecular flexibility index (Phi) is 4.19. The second-order valence-electron chi connectivity index (χ2n) is 5.41. The number of amides is 1. The highest BCUT2D eigenvalue weighted by atomic mass is 79.9. The van der Waals surface area contributed by atoms with E-state index in [1.807, 2.05) is 18.2 Å². The average molecular weight is 384 g/mol. The molecule has 1 aliphatic heterocycles. The number of hydrogen-bond acceptors (Lipinski definition) is 1. The van der Waals surface area contributed by atoms with E-state index >= 15 is 0 Å². The van der Waals surface area contributed by atoms with E-state index in [9.17, 15) is 18.0 Å². The first-order valence-corrected chi connectivity index (χ1v) is 7.93. The van der Waals surface area contributed by atoms with Crippen molar-refractivity contribution in [2.24, 2.45) is 0 Å². The van der Waals surface area contributed by atoms with Crippen LogP contribution in [0.2, 0.25) is 0 Å². The molecular weight excluding hydrogens is 371 g/mol. The summed E-state index contributed by atoms with van der Waals surface area (Å²) in [5.74, 6) is -0.403. The number of rotatable bonds is 1. The predicted molar refractivity (Wildman–Crippen MR) is 85.6 cm³/mol. The van der Waals surface area contributed by atoms with Crippen molar-refractivity contribution in [3.63, 3.8) is 0 Å². The topological polar surface area (TPSA) is 20.3 Å². The lowest BCUT2D eigenvalue weighted by molar-refractivity contribution is -0.137. The molecule has 0 N–H and O–H groups in total. The fourth-order valence-electron chi connectivity index (χ4n) is 2.76. The zero-order valence-electron chi connectivity index (χ0n) is 12.0. The van der Waals surface area contributed by atoms with E-state index < -0.39 is 17.6 Å². The number of benzene rings is 2. The monoisotopic (exact) mass is 383 g/mol. The smallest absolute Gasteiger partial charge is 0.308 e. The number of halogens is 4. The van der Waals surface area contributed by atoms with Crippen molar-refractivity contribution >= 4 is 27.5 Å². The average Bonchev–Trinajstić information content (AvgIpc) is 2.52. The van der Waals surface area contributed by atoms with Crippen LogP contribution in [0.1, 0.15) is 27.9 Å². The summed E-state index contributed by atoms with van der Waals surface area (Å²) in [7, 11) is 0. The summed E-state index contributed by atoms with van der Waals surface area (Å²) in [6.07, 6.45) is -2.82. The van der Waals surface area contributed by atoms with Crippen molar-refractivity contribution in [3.05, 3.63) is 63.6 Å². The predicted octanol–water partition coefficient (Wildman–Crippen LogP) is 5.06. The standard InChI is InChI=1S/C17H13BrF3NO/c18-14-6-7-15-11(10-14)4-2-8-22(15)16(23)12-3-1-5-13(9-12)17(19,20)21/h1,3,5-7,9-10H,2,4,8H2. The van der Waals surface area contributed by atoms with Gasteiger partial charge in [-0.25, -0.2) is 0 Å². The number of nitrogens with zero attached hydrogens (tertiary/aromatic N) is 1. The quantitative estimate of drug-likeness (QED) is 0.673. The first kappa shape index (κ1) is 16.1. The molecule has 0 saturated heterocycles. The van der Waals surface area contributed by atoms with E-state index in [1.54, 1.807) is 4.90 Å². The fourth-order valence-corrected chi connectivity index (χ4v) is 3.17. The van der Waals surface area contributed by atoms with E-state index in [2.05, 4.69) is 15.9 Å². The van der Waals surface area contributed by atoms with Crippen LogP contribution in [0.4, 0.5) is 18.9 Å². The summed E-state index contributed by atoms with van der Waals surface area (Å²) in [6.45, 7) is 0.504. The molecule has 1 heterocycles. The zero-order chi connectivity index (χ0) is 16.6. The number of anilines is 1.